The Labute approximate surface area is 189 Å². The molecule has 7 nitrogen and oxygen atoms in total. The molecule has 0 spiro atoms. The van der Waals surface area contributed by atoms with Crippen LogP contribution in [0.5, 0.6) is 0 Å². The summed E-state index contributed by atoms with van der Waals surface area (Å²) < 4.78 is 0. The van der Waals surface area contributed by atoms with Gasteiger partial charge in [0.05, 0.1) is 0 Å². The quantitative estimate of drug-likeness (QED) is 0.508. The van der Waals surface area contributed by atoms with Gasteiger partial charge in [-0.25, -0.2) is 9.97 Å². The summed E-state index contributed by atoms with van der Waals surface area (Å²) in [7, 11) is 0. The molecule has 3 aromatic rings. The molecule has 2 heterocycles. The summed E-state index contributed by atoms with van der Waals surface area (Å²) in [6.07, 6.45) is 4.30. The first-order valence-electron chi connectivity index (χ1n) is 11.2. The zero-order valence-corrected chi connectivity index (χ0v) is 18.3. The van der Waals surface area contributed by atoms with Crippen molar-refractivity contribution in [2.24, 2.45) is 0 Å². The van der Waals surface area contributed by atoms with Gasteiger partial charge in [0.25, 0.3) is 5.91 Å². The number of carbonyl (C=O) groups is 1. The lowest BCUT2D eigenvalue weighted by molar-refractivity contribution is 0.0947. The Morgan fingerprint density at radius 1 is 0.875 bits per heavy atom. The number of rotatable bonds is 9. The Balaban J connectivity index is 1.15. The molecule has 0 unspecified atom stereocenters. The molecule has 0 bridgehead atoms. The van der Waals surface area contributed by atoms with Crippen molar-refractivity contribution in [2.45, 2.75) is 13.0 Å². The van der Waals surface area contributed by atoms with E-state index in [1.54, 1.807) is 18.5 Å². The molecule has 166 valence electrons. The molecule has 7 heteroatoms. The average molecular weight is 431 g/mol. The summed E-state index contributed by atoms with van der Waals surface area (Å²) in [5, 5.41) is 6.15. The van der Waals surface area contributed by atoms with Crippen molar-refractivity contribution in [3.05, 3.63) is 84.2 Å². The van der Waals surface area contributed by atoms with E-state index in [9.17, 15) is 4.79 Å². The third-order valence-electron chi connectivity index (χ3n) is 5.60. The number of carbonyl (C=O) groups excluding carboxylic acids is 1. The largest absolute Gasteiger partial charge is 0.352 e. The van der Waals surface area contributed by atoms with E-state index in [1.165, 1.54) is 5.56 Å². The molecule has 0 aliphatic carbocycles. The minimum atomic E-state index is -0.0599. The van der Waals surface area contributed by atoms with Crippen LogP contribution in [0.1, 0.15) is 22.3 Å². The molecule has 2 aromatic carbocycles. The van der Waals surface area contributed by atoms with Gasteiger partial charge in [0.15, 0.2) is 0 Å². The van der Waals surface area contributed by atoms with Crippen LogP contribution >= 0.6 is 0 Å². The summed E-state index contributed by atoms with van der Waals surface area (Å²) in [5.74, 6) is 0.448. The molecule has 1 saturated heterocycles. The summed E-state index contributed by atoms with van der Waals surface area (Å²) in [4.78, 5) is 25.8. The van der Waals surface area contributed by atoms with Crippen LogP contribution in [0.25, 0.3) is 0 Å². The van der Waals surface area contributed by atoms with Crippen molar-refractivity contribution < 1.29 is 4.79 Å². The summed E-state index contributed by atoms with van der Waals surface area (Å²) in [6, 6.07) is 19.8. The van der Waals surface area contributed by atoms with Gasteiger partial charge in [0.2, 0.25) is 5.95 Å². The Morgan fingerprint density at radius 2 is 1.62 bits per heavy atom. The smallest absolute Gasteiger partial charge is 0.251 e. The van der Waals surface area contributed by atoms with E-state index in [-0.39, 0.29) is 5.91 Å². The van der Waals surface area contributed by atoms with Crippen LogP contribution in [0.4, 0.5) is 11.6 Å². The Morgan fingerprint density at radius 3 is 2.41 bits per heavy atom. The van der Waals surface area contributed by atoms with Crippen LogP contribution < -0.4 is 10.6 Å². The number of anilines is 2. The zero-order valence-electron chi connectivity index (χ0n) is 18.3. The standard InChI is InChI=1S/C25H30N6O/c32-24(22-9-4-10-23(19-22)29-25-27-11-5-12-28-25)26-13-6-14-30-15-17-31(18-16-30)20-21-7-2-1-3-8-21/h1-5,7-12,19H,6,13-18,20H2,(H,26,32)(H,27,28,29). The van der Waals surface area contributed by atoms with E-state index in [0.29, 0.717) is 18.1 Å². The minimum absolute atomic E-state index is 0.0599. The fourth-order valence-corrected chi connectivity index (χ4v) is 3.85. The Hall–Kier alpha value is -3.29. The van der Waals surface area contributed by atoms with Gasteiger partial charge in [-0.3, -0.25) is 9.69 Å². The van der Waals surface area contributed by atoms with Crippen LogP contribution in [0, 0.1) is 0 Å². The normalized spacial score (nSPS) is 14.8. The van der Waals surface area contributed by atoms with Crippen LogP contribution in [0.3, 0.4) is 0 Å². The number of nitrogens with one attached hydrogen (secondary N) is 2. The molecule has 1 aliphatic heterocycles. The van der Waals surface area contributed by atoms with Crippen molar-refractivity contribution in [3.63, 3.8) is 0 Å². The zero-order chi connectivity index (χ0) is 22.0. The van der Waals surface area contributed by atoms with Gasteiger partial charge < -0.3 is 15.5 Å². The highest BCUT2D eigenvalue weighted by Gasteiger charge is 2.16. The van der Waals surface area contributed by atoms with E-state index in [2.05, 4.69) is 60.7 Å². The van der Waals surface area contributed by atoms with Gasteiger partial charge in [0.1, 0.15) is 0 Å². The number of piperazine rings is 1. The number of hydrogen-bond donors (Lipinski definition) is 2. The van der Waals surface area contributed by atoms with Crippen LogP contribution in [-0.4, -0.2) is 64.9 Å². The van der Waals surface area contributed by atoms with Gasteiger partial charge in [-0.15, -0.1) is 0 Å². The first-order chi connectivity index (χ1) is 15.8. The molecular formula is C25H30N6O. The number of hydrogen-bond acceptors (Lipinski definition) is 6. The second-order valence-corrected chi connectivity index (χ2v) is 7.99. The third-order valence-corrected chi connectivity index (χ3v) is 5.60. The first kappa shape index (κ1) is 21.9. The molecule has 0 radical (unpaired) electrons. The molecule has 1 aliphatic rings. The van der Waals surface area contributed by atoms with Crippen LogP contribution in [-0.2, 0) is 6.54 Å². The Bertz CT molecular complexity index is 974. The maximum atomic E-state index is 12.5. The highest BCUT2D eigenvalue weighted by molar-refractivity contribution is 5.95. The number of aromatic nitrogens is 2. The van der Waals surface area contributed by atoms with Crippen molar-refractivity contribution in [2.75, 3.05) is 44.6 Å². The van der Waals surface area contributed by atoms with Crippen molar-refractivity contribution >= 4 is 17.5 Å². The maximum absolute atomic E-state index is 12.5. The summed E-state index contributed by atoms with van der Waals surface area (Å²) >= 11 is 0. The van der Waals surface area contributed by atoms with Crippen molar-refractivity contribution in [1.29, 1.82) is 0 Å². The fourth-order valence-electron chi connectivity index (χ4n) is 3.85. The second kappa shape index (κ2) is 11.4. The lowest BCUT2D eigenvalue weighted by atomic mass is 10.2. The van der Waals surface area contributed by atoms with Crippen molar-refractivity contribution in [3.8, 4) is 0 Å². The van der Waals surface area contributed by atoms with E-state index < -0.39 is 0 Å². The summed E-state index contributed by atoms with van der Waals surface area (Å²) in [5.41, 5.74) is 2.79. The van der Waals surface area contributed by atoms with Gasteiger partial charge in [-0.05, 0) is 42.8 Å². The Kier molecular flexibility index (Phi) is 7.79. The highest BCUT2D eigenvalue weighted by Crippen LogP contribution is 2.14. The SMILES string of the molecule is O=C(NCCCN1CCN(Cc2ccccc2)CC1)c1cccc(Nc2ncccn2)c1. The highest BCUT2D eigenvalue weighted by atomic mass is 16.1. The fraction of sp³-hybridized carbons (Fsp3) is 0.320. The molecule has 1 aromatic heterocycles. The molecule has 1 fully saturated rings. The predicted molar refractivity (Wildman–Crippen MR) is 127 cm³/mol. The van der Waals surface area contributed by atoms with Gasteiger partial charge >= 0.3 is 0 Å². The number of benzene rings is 2. The van der Waals surface area contributed by atoms with E-state index >= 15 is 0 Å². The van der Waals surface area contributed by atoms with E-state index in [1.807, 2.05) is 24.3 Å². The average Bonchev–Trinajstić information content (AvgIpc) is 2.84. The molecule has 4 rings (SSSR count). The van der Waals surface area contributed by atoms with Gasteiger partial charge in [-0.1, -0.05) is 36.4 Å². The lowest BCUT2D eigenvalue weighted by Gasteiger charge is -2.34. The molecule has 0 saturated carbocycles. The molecule has 32 heavy (non-hydrogen) atoms. The first-order valence-corrected chi connectivity index (χ1v) is 11.2. The third kappa shape index (κ3) is 6.60. The number of amides is 1. The van der Waals surface area contributed by atoms with E-state index in [0.717, 1.165) is 51.4 Å². The van der Waals surface area contributed by atoms with Crippen LogP contribution in [0.2, 0.25) is 0 Å². The van der Waals surface area contributed by atoms with Crippen molar-refractivity contribution in [1.82, 2.24) is 25.1 Å². The molecule has 1 amide bonds. The molecular weight excluding hydrogens is 400 g/mol. The van der Waals surface area contributed by atoms with Gasteiger partial charge in [-0.2, -0.15) is 0 Å². The lowest BCUT2D eigenvalue weighted by Crippen LogP contribution is -2.46. The van der Waals surface area contributed by atoms with E-state index in [4.69, 9.17) is 0 Å². The molecule has 2 N–H and O–H groups in total. The van der Waals surface area contributed by atoms with Gasteiger partial charge in [0, 0.05) is 62.9 Å². The predicted octanol–water partition coefficient (Wildman–Crippen LogP) is 3.16. The number of nitrogens with zero attached hydrogens (tertiary/aromatic N) is 4. The maximum Gasteiger partial charge on any atom is 0.251 e. The monoisotopic (exact) mass is 430 g/mol. The summed E-state index contributed by atoms with van der Waals surface area (Å²) in [6.45, 7) is 7.04. The second-order valence-electron chi connectivity index (χ2n) is 7.99. The minimum Gasteiger partial charge on any atom is -0.352 e. The molecule has 0 atom stereocenters. The topological polar surface area (TPSA) is 73.4 Å². The van der Waals surface area contributed by atoms with Crippen LogP contribution in [0.15, 0.2) is 73.1 Å².